The third-order valence-electron chi connectivity index (χ3n) is 3.72. The quantitative estimate of drug-likeness (QED) is 0.676. The van der Waals surface area contributed by atoms with Crippen molar-refractivity contribution in [3.8, 4) is 11.1 Å². The van der Waals surface area contributed by atoms with Crippen LogP contribution < -0.4 is 5.56 Å². The molecule has 0 saturated heterocycles. The van der Waals surface area contributed by atoms with Gasteiger partial charge in [0, 0.05) is 23.4 Å². The maximum atomic E-state index is 12.4. The monoisotopic (exact) mass is 262 g/mol. The van der Waals surface area contributed by atoms with Crippen molar-refractivity contribution in [3.05, 3.63) is 63.9 Å². The molecule has 0 unspecified atom stereocenters. The molecule has 0 saturated carbocycles. The smallest absolute Gasteiger partial charge is 0.264 e. The van der Waals surface area contributed by atoms with Crippen LogP contribution in [-0.4, -0.2) is 16.0 Å². The molecule has 96 valence electrons. The van der Waals surface area contributed by atoms with Crippen molar-refractivity contribution in [2.75, 3.05) is 0 Å². The summed E-state index contributed by atoms with van der Waals surface area (Å²) in [5, 5.41) is 7.02. The molecule has 1 aliphatic rings. The summed E-state index contributed by atoms with van der Waals surface area (Å²) < 4.78 is 0. The molecular weight excluding hydrogens is 252 g/mol. The van der Waals surface area contributed by atoms with E-state index in [0.717, 1.165) is 16.7 Å². The minimum absolute atomic E-state index is 0.0386. The number of ketones is 1. The van der Waals surface area contributed by atoms with Crippen LogP contribution in [0.1, 0.15) is 15.9 Å². The van der Waals surface area contributed by atoms with Crippen LogP contribution in [0.5, 0.6) is 0 Å². The number of Topliss-reactive ketones (excluding diaryl/α,β-unsaturated/α-hetero) is 1. The van der Waals surface area contributed by atoms with Gasteiger partial charge in [0.25, 0.3) is 5.56 Å². The molecule has 1 aliphatic carbocycles. The number of nitrogens with one attached hydrogen (secondary N) is 1. The Hall–Kier alpha value is -2.75. The van der Waals surface area contributed by atoms with Crippen LogP contribution in [0.3, 0.4) is 0 Å². The zero-order valence-corrected chi connectivity index (χ0v) is 10.5. The van der Waals surface area contributed by atoms with Crippen molar-refractivity contribution in [2.45, 2.75) is 6.42 Å². The molecule has 3 aromatic rings. The minimum atomic E-state index is -0.294. The van der Waals surface area contributed by atoms with Crippen molar-refractivity contribution in [2.24, 2.45) is 0 Å². The van der Waals surface area contributed by atoms with Crippen LogP contribution in [0.4, 0.5) is 0 Å². The molecule has 0 bridgehead atoms. The minimum Gasteiger partial charge on any atom is -0.294 e. The van der Waals surface area contributed by atoms with E-state index >= 15 is 0 Å². The molecule has 2 aromatic carbocycles. The number of benzene rings is 2. The van der Waals surface area contributed by atoms with Crippen LogP contribution >= 0.6 is 0 Å². The SMILES string of the molecule is O=C1Cc2ccccc2-c2ccc3n[nH]c(=O)cc3c21. The summed E-state index contributed by atoms with van der Waals surface area (Å²) in [5.74, 6) is 0.0386. The predicted octanol–water partition coefficient (Wildman–Crippen LogP) is 2.33. The lowest BCUT2D eigenvalue weighted by atomic mass is 9.83. The van der Waals surface area contributed by atoms with Gasteiger partial charge >= 0.3 is 0 Å². The van der Waals surface area contributed by atoms with Crippen molar-refractivity contribution < 1.29 is 4.79 Å². The normalized spacial score (nSPS) is 13.1. The van der Waals surface area contributed by atoms with Crippen LogP contribution in [0.25, 0.3) is 22.0 Å². The topological polar surface area (TPSA) is 62.8 Å². The first-order valence-corrected chi connectivity index (χ1v) is 6.38. The Bertz CT molecular complexity index is 925. The van der Waals surface area contributed by atoms with Gasteiger partial charge in [0.1, 0.15) is 0 Å². The number of hydrogen-bond acceptors (Lipinski definition) is 3. The molecule has 0 aliphatic heterocycles. The summed E-state index contributed by atoms with van der Waals surface area (Å²) in [5.41, 5.74) is 3.93. The summed E-state index contributed by atoms with van der Waals surface area (Å²) in [6, 6.07) is 13.1. The highest BCUT2D eigenvalue weighted by atomic mass is 16.1. The molecule has 1 heterocycles. The largest absolute Gasteiger partial charge is 0.294 e. The van der Waals surface area contributed by atoms with Gasteiger partial charge in [-0.25, -0.2) is 5.10 Å². The molecule has 1 N–H and O–H groups in total. The number of aromatic nitrogens is 2. The van der Waals surface area contributed by atoms with E-state index in [0.29, 0.717) is 22.9 Å². The van der Waals surface area contributed by atoms with Gasteiger partial charge in [-0.3, -0.25) is 9.59 Å². The Balaban J connectivity index is 2.17. The molecule has 0 amide bonds. The van der Waals surface area contributed by atoms with Crippen molar-refractivity contribution >= 4 is 16.7 Å². The Labute approximate surface area is 114 Å². The number of hydrogen-bond donors (Lipinski definition) is 1. The average molecular weight is 262 g/mol. The zero-order valence-electron chi connectivity index (χ0n) is 10.5. The van der Waals surface area contributed by atoms with E-state index < -0.39 is 0 Å². The second-order valence-electron chi connectivity index (χ2n) is 4.91. The number of H-pyrrole nitrogens is 1. The first-order valence-electron chi connectivity index (χ1n) is 6.38. The van der Waals surface area contributed by atoms with Gasteiger partial charge in [-0.2, -0.15) is 5.10 Å². The average Bonchev–Trinajstić information content (AvgIpc) is 2.46. The molecular formula is C16H10N2O2. The van der Waals surface area contributed by atoms with E-state index in [9.17, 15) is 9.59 Å². The highest BCUT2D eigenvalue weighted by Crippen LogP contribution is 2.36. The second-order valence-corrected chi connectivity index (χ2v) is 4.91. The number of nitrogens with zero attached hydrogens (tertiary/aromatic N) is 1. The van der Waals surface area contributed by atoms with Gasteiger partial charge in [-0.15, -0.1) is 0 Å². The molecule has 0 atom stereocenters. The standard InChI is InChI=1S/C16H10N2O2/c19-14-7-9-3-1-2-4-10(9)11-5-6-13-12(16(11)14)8-15(20)18-17-13/h1-6,8H,7H2,(H,18,20). The highest BCUT2D eigenvalue weighted by molar-refractivity contribution is 6.15. The zero-order chi connectivity index (χ0) is 13.7. The fraction of sp³-hybridized carbons (Fsp3) is 0.0625. The molecule has 20 heavy (non-hydrogen) atoms. The number of carbonyl (C=O) groups is 1. The number of rotatable bonds is 0. The summed E-state index contributed by atoms with van der Waals surface area (Å²) >= 11 is 0. The molecule has 0 spiro atoms. The Morgan fingerprint density at radius 1 is 1.00 bits per heavy atom. The molecule has 4 nitrogen and oxygen atoms in total. The second kappa shape index (κ2) is 3.87. The maximum Gasteiger partial charge on any atom is 0.264 e. The van der Waals surface area contributed by atoms with Crippen molar-refractivity contribution in [1.29, 1.82) is 0 Å². The Morgan fingerprint density at radius 2 is 1.85 bits per heavy atom. The van der Waals surface area contributed by atoms with Crippen LogP contribution in [-0.2, 0) is 6.42 Å². The summed E-state index contributed by atoms with van der Waals surface area (Å²) in [7, 11) is 0. The van der Waals surface area contributed by atoms with Gasteiger partial charge in [-0.05, 0) is 22.8 Å². The molecule has 0 fully saturated rings. The van der Waals surface area contributed by atoms with E-state index in [-0.39, 0.29) is 11.3 Å². The number of aromatic amines is 1. The third-order valence-corrected chi connectivity index (χ3v) is 3.72. The fourth-order valence-electron chi connectivity index (χ4n) is 2.85. The highest BCUT2D eigenvalue weighted by Gasteiger charge is 2.24. The van der Waals surface area contributed by atoms with Crippen molar-refractivity contribution in [3.63, 3.8) is 0 Å². The lowest BCUT2D eigenvalue weighted by Gasteiger charge is -2.19. The lowest BCUT2D eigenvalue weighted by molar-refractivity contribution is 0.0993. The van der Waals surface area contributed by atoms with Gasteiger partial charge < -0.3 is 0 Å². The van der Waals surface area contributed by atoms with Gasteiger partial charge in [0.15, 0.2) is 5.78 Å². The summed E-state index contributed by atoms with van der Waals surface area (Å²) in [4.78, 5) is 23.9. The lowest BCUT2D eigenvalue weighted by Crippen LogP contribution is -2.15. The van der Waals surface area contributed by atoms with Crippen LogP contribution in [0.15, 0.2) is 47.3 Å². The van der Waals surface area contributed by atoms with E-state index in [4.69, 9.17) is 0 Å². The van der Waals surface area contributed by atoms with Gasteiger partial charge in [-0.1, -0.05) is 30.3 Å². The van der Waals surface area contributed by atoms with Crippen LogP contribution in [0.2, 0.25) is 0 Å². The summed E-state index contributed by atoms with van der Waals surface area (Å²) in [6.07, 6.45) is 0.370. The Morgan fingerprint density at radius 3 is 2.75 bits per heavy atom. The third kappa shape index (κ3) is 1.45. The molecule has 4 rings (SSSR count). The van der Waals surface area contributed by atoms with Gasteiger partial charge in [0.2, 0.25) is 0 Å². The van der Waals surface area contributed by atoms with Gasteiger partial charge in [0.05, 0.1) is 5.52 Å². The van der Waals surface area contributed by atoms with Crippen molar-refractivity contribution in [1.82, 2.24) is 10.2 Å². The first kappa shape index (κ1) is 11.1. The van der Waals surface area contributed by atoms with E-state index in [2.05, 4.69) is 10.2 Å². The number of carbonyl (C=O) groups excluding carboxylic acids is 1. The van der Waals surface area contributed by atoms with E-state index in [1.807, 2.05) is 36.4 Å². The molecule has 1 aromatic heterocycles. The fourth-order valence-corrected chi connectivity index (χ4v) is 2.85. The predicted molar refractivity (Wildman–Crippen MR) is 75.8 cm³/mol. The first-order chi connectivity index (χ1) is 9.74. The maximum absolute atomic E-state index is 12.4. The molecule has 0 radical (unpaired) electrons. The Kier molecular flexibility index (Phi) is 2.15. The van der Waals surface area contributed by atoms with Crippen LogP contribution in [0, 0.1) is 0 Å². The van der Waals surface area contributed by atoms with E-state index in [1.165, 1.54) is 6.07 Å². The molecule has 4 heteroatoms. The van der Waals surface area contributed by atoms with E-state index in [1.54, 1.807) is 0 Å². The summed E-state index contributed by atoms with van der Waals surface area (Å²) in [6.45, 7) is 0. The number of fused-ring (bicyclic) bond motifs is 5.